The number of rotatable bonds is 4. The van der Waals surface area contributed by atoms with Gasteiger partial charge >= 0.3 is 6.03 Å². The number of carbonyl (C=O) groups excluding carboxylic acids is 1. The number of nitrogens with one attached hydrogen (secondary N) is 1. The Balaban J connectivity index is 1.33. The summed E-state index contributed by atoms with van der Waals surface area (Å²) in [4.78, 5) is 16.4. The number of methoxy groups -OCH3 is 1. The van der Waals surface area contributed by atoms with Crippen LogP contribution in [0.2, 0.25) is 5.02 Å². The number of ether oxygens (including phenoxy) is 1. The van der Waals surface area contributed by atoms with Crippen molar-refractivity contribution in [2.75, 3.05) is 43.5 Å². The summed E-state index contributed by atoms with van der Waals surface area (Å²) >= 11 is 6.11. The Hall–Kier alpha value is -3.33. The van der Waals surface area contributed by atoms with Crippen LogP contribution in [0.1, 0.15) is 0 Å². The van der Waals surface area contributed by atoms with Crippen LogP contribution in [0.25, 0.3) is 5.82 Å². The van der Waals surface area contributed by atoms with Crippen LogP contribution < -0.4 is 15.0 Å². The minimum atomic E-state index is -0.161. The Labute approximate surface area is 172 Å². The zero-order valence-corrected chi connectivity index (χ0v) is 16.6. The van der Waals surface area contributed by atoms with Gasteiger partial charge in [0.15, 0.2) is 11.6 Å². The monoisotopic (exact) mass is 413 g/mol. The van der Waals surface area contributed by atoms with Gasteiger partial charge < -0.3 is 19.9 Å². The van der Waals surface area contributed by atoms with E-state index < -0.39 is 0 Å². The number of hydrogen-bond donors (Lipinski definition) is 1. The fourth-order valence-corrected chi connectivity index (χ4v) is 3.36. The first-order valence-corrected chi connectivity index (χ1v) is 9.50. The molecule has 3 heterocycles. The molecule has 2 amide bonds. The molecular weight excluding hydrogens is 394 g/mol. The lowest BCUT2D eigenvalue weighted by Crippen LogP contribution is -2.50. The second-order valence-electron chi connectivity index (χ2n) is 6.45. The molecule has 1 aliphatic rings. The molecule has 0 unspecified atom stereocenters. The summed E-state index contributed by atoms with van der Waals surface area (Å²) < 4.78 is 6.78. The Morgan fingerprint density at radius 1 is 1.10 bits per heavy atom. The van der Waals surface area contributed by atoms with E-state index >= 15 is 0 Å². The number of carbonyl (C=O) groups is 1. The number of benzene rings is 1. The molecule has 1 aliphatic heterocycles. The first-order chi connectivity index (χ1) is 14.1. The molecule has 1 N–H and O–H groups in total. The van der Waals surface area contributed by atoms with Gasteiger partial charge in [-0.1, -0.05) is 11.6 Å². The number of aromatic nitrogens is 4. The zero-order chi connectivity index (χ0) is 20.2. The lowest BCUT2D eigenvalue weighted by Gasteiger charge is -2.35. The summed E-state index contributed by atoms with van der Waals surface area (Å²) in [6, 6.07) is 10.6. The minimum absolute atomic E-state index is 0.161. The normalized spacial score (nSPS) is 14.0. The smallest absolute Gasteiger partial charge is 0.321 e. The summed E-state index contributed by atoms with van der Waals surface area (Å²) in [5.74, 6) is 2.01. The third-order valence-electron chi connectivity index (χ3n) is 4.67. The maximum Gasteiger partial charge on any atom is 0.321 e. The number of amides is 2. The van der Waals surface area contributed by atoms with Gasteiger partial charge in [0.05, 0.1) is 12.1 Å². The fourth-order valence-electron chi connectivity index (χ4n) is 3.10. The number of hydrogen-bond acceptors (Lipinski definition) is 6. The van der Waals surface area contributed by atoms with Crippen molar-refractivity contribution in [1.29, 1.82) is 0 Å². The van der Waals surface area contributed by atoms with Gasteiger partial charge in [-0.3, -0.25) is 0 Å². The molecule has 4 rings (SSSR count). The third kappa shape index (κ3) is 4.24. The molecule has 0 atom stereocenters. The quantitative estimate of drug-likeness (QED) is 0.707. The van der Waals surface area contributed by atoms with Crippen LogP contribution in [0.3, 0.4) is 0 Å². The van der Waals surface area contributed by atoms with Gasteiger partial charge in [0, 0.05) is 44.3 Å². The van der Waals surface area contributed by atoms with Gasteiger partial charge in [-0.25, -0.2) is 9.48 Å². The van der Waals surface area contributed by atoms with Crippen LogP contribution in [0.5, 0.6) is 5.75 Å². The van der Waals surface area contributed by atoms with Crippen molar-refractivity contribution in [1.82, 2.24) is 24.9 Å². The van der Waals surface area contributed by atoms with Crippen LogP contribution in [-0.2, 0) is 0 Å². The zero-order valence-electron chi connectivity index (χ0n) is 15.8. The summed E-state index contributed by atoms with van der Waals surface area (Å²) in [5, 5.41) is 16.0. The van der Waals surface area contributed by atoms with Crippen molar-refractivity contribution in [3.8, 4) is 11.6 Å². The topological polar surface area (TPSA) is 88.4 Å². The van der Waals surface area contributed by atoms with Crippen molar-refractivity contribution in [3.05, 3.63) is 53.8 Å². The van der Waals surface area contributed by atoms with Crippen LogP contribution in [-0.4, -0.2) is 64.2 Å². The Morgan fingerprint density at radius 3 is 2.48 bits per heavy atom. The van der Waals surface area contributed by atoms with Crippen LogP contribution >= 0.6 is 11.6 Å². The molecule has 1 saturated heterocycles. The SMILES string of the molecule is COc1ccc(NC(=O)N2CCN(c3ccc(-n4cccn4)nn3)CC2)cc1Cl. The van der Waals surface area contributed by atoms with Gasteiger partial charge in [0.2, 0.25) is 0 Å². The summed E-state index contributed by atoms with van der Waals surface area (Å²) in [7, 11) is 1.55. The van der Waals surface area contributed by atoms with Crippen LogP contribution in [0.15, 0.2) is 48.8 Å². The lowest BCUT2D eigenvalue weighted by atomic mass is 10.3. The van der Waals surface area contributed by atoms with Gasteiger partial charge in [-0.15, -0.1) is 10.2 Å². The van der Waals surface area contributed by atoms with E-state index in [1.165, 1.54) is 0 Å². The highest BCUT2D eigenvalue weighted by Crippen LogP contribution is 2.27. The maximum atomic E-state index is 12.5. The number of nitrogens with zero attached hydrogens (tertiary/aromatic N) is 6. The average Bonchev–Trinajstić information content (AvgIpc) is 3.29. The maximum absolute atomic E-state index is 12.5. The molecule has 29 heavy (non-hydrogen) atoms. The minimum Gasteiger partial charge on any atom is -0.495 e. The molecule has 3 aromatic rings. The first kappa shape index (κ1) is 19.0. The second kappa shape index (κ2) is 8.36. The number of piperazine rings is 1. The predicted octanol–water partition coefficient (Wildman–Crippen LogP) is 2.68. The van der Waals surface area contributed by atoms with E-state index in [4.69, 9.17) is 16.3 Å². The molecule has 1 fully saturated rings. The van der Waals surface area contributed by atoms with Gasteiger partial charge in [-0.05, 0) is 36.4 Å². The Kier molecular flexibility index (Phi) is 5.48. The van der Waals surface area contributed by atoms with E-state index in [2.05, 4.69) is 25.5 Å². The molecule has 10 heteroatoms. The number of halogens is 1. The van der Waals surface area contributed by atoms with Gasteiger partial charge in [-0.2, -0.15) is 5.10 Å². The van der Waals surface area contributed by atoms with Crippen molar-refractivity contribution in [2.45, 2.75) is 0 Å². The second-order valence-corrected chi connectivity index (χ2v) is 6.86. The first-order valence-electron chi connectivity index (χ1n) is 9.12. The largest absolute Gasteiger partial charge is 0.495 e. The van der Waals surface area contributed by atoms with Crippen LogP contribution in [0.4, 0.5) is 16.3 Å². The molecular formula is C19H20ClN7O2. The molecule has 0 bridgehead atoms. The predicted molar refractivity (Wildman–Crippen MR) is 110 cm³/mol. The Bertz CT molecular complexity index is 971. The van der Waals surface area contributed by atoms with Crippen molar-refractivity contribution < 1.29 is 9.53 Å². The number of anilines is 2. The van der Waals surface area contributed by atoms with E-state index in [1.54, 1.807) is 41.1 Å². The molecule has 150 valence electrons. The van der Waals surface area contributed by atoms with E-state index in [9.17, 15) is 4.79 Å². The lowest BCUT2D eigenvalue weighted by molar-refractivity contribution is 0.208. The van der Waals surface area contributed by atoms with Crippen molar-refractivity contribution in [2.24, 2.45) is 0 Å². The molecule has 0 radical (unpaired) electrons. The number of urea groups is 1. The summed E-state index contributed by atoms with van der Waals surface area (Å²) in [6.07, 6.45) is 3.51. The van der Waals surface area contributed by atoms with E-state index in [1.807, 2.05) is 24.4 Å². The summed E-state index contributed by atoms with van der Waals surface area (Å²) in [6.45, 7) is 2.51. The molecule has 0 spiro atoms. The highest BCUT2D eigenvalue weighted by Gasteiger charge is 2.22. The van der Waals surface area contributed by atoms with E-state index in [0.717, 1.165) is 5.82 Å². The highest BCUT2D eigenvalue weighted by atomic mass is 35.5. The molecule has 2 aromatic heterocycles. The van der Waals surface area contributed by atoms with Crippen molar-refractivity contribution in [3.63, 3.8) is 0 Å². The Morgan fingerprint density at radius 2 is 1.86 bits per heavy atom. The molecule has 1 aromatic carbocycles. The summed E-state index contributed by atoms with van der Waals surface area (Å²) in [5.41, 5.74) is 0.628. The van der Waals surface area contributed by atoms with Gasteiger partial charge in [0.25, 0.3) is 0 Å². The molecule has 0 saturated carbocycles. The average molecular weight is 414 g/mol. The van der Waals surface area contributed by atoms with Gasteiger partial charge in [0.1, 0.15) is 5.75 Å². The van der Waals surface area contributed by atoms with E-state index in [0.29, 0.717) is 48.5 Å². The van der Waals surface area contributed by atoms with Crippen molar-refractivity contribution >= 4 is 29.1 Å². The standard InChI is InChI=1S/C19H20ClN7O2/c1-29-16-4-3-14(13-15(16)20)22-19(28)26-11-9-25(10-12-26)17-5-6-18(24-23-17)27-8-2-7-21-27/h2-8,13H,9-12H2,1H3,(H,22,28). The molecule has 9 nitrogen and oxygen atoms in total. The third-order valence-corrected chi connectivity index (χ3v) is 4.96. The fraction of sp³-hybridized carbons (Fsp3) is 0.263. The molecule has 0 aliphatic carbocycles. The van der Waals surface area contributed by atoms with E-state index in [-0.39, 0.29) is 6.03 Å². The highest BCUT2D eigenvalue weighted by molar-refractivity contribution is 6.32. The van der Waals surface area contributed by atoms with Crippen LogP contribution in [0, 0.1) is 0 Å².